The van der Waals surface area contributed by atoms with E-state index < -0.39 is 0 Å². The van der Waals surface area contributed by atoms with Crippen LogP contribution in [-0.2, 0) is 6.42 Å². The summed E-state index contributed by atoms with van der Waals surface area (Å²) in [4.78, 5) is 0. The molecule has 2 rings (SSSR count). The highest BCUT2D eigenvalue weighted by Crippen LogP contribution is 2.21. The summed E-state index contributed by atoms with van der Waals surface area (Å²) in [6.07, 6.45) is 1.09. The Labute approximate surface area is 116 Å². The molecule has 0 aromatic heterocycles. The Hall–Kier alpha value is -1.60. The second-order valence-corrected chi connectivity index (χ2v) is 5.29. The van der Waals surface area contributed by atoms with Crippen LogP contribution in [0.1, 0.15) is 28.2 Å². The van der Waals surface area contributed by atoms with Crippen LogP contribution in [0.25, 0.3) is 0 Å². The van der Waals surface area contributed by atoms with Crippen LogP contribution in [0.4, 0.5) is 0 Å². The van der Waals surface area contributed by atoms with Gasteiger partial charge >= 0.3 is 0 Å². The van der Waals surface area contributed by atoms with Crippen LogP contribution in [0.5, 0.6) is 0 Å². The molecular weight excluding hydrogens is 230 g/mol. The average molecular weight is 253 g/mol. The van der Waals surface area contributed by atoms with Gasteiger partial charge in [0.25, 0.3) is 0 Å². The standard InChI is InChI=1S/C18H23N/c1-14-9-10-16(11-15(14)2)12-18(13-19-3)17-7-5-4-6-8-17/h4-11,18-19H,12-13H2,1-3H3. The van der Waals surface area contributed by atoms with Gasteiger partial charge in [-0.2, -0.15) is 0 Å². The van der Waals surface area contributed by atoms with Gasteiger partial charge in [0.1, 0.15) is 0 Å². The van der Waals surface area contributed by atoms with E-state index in [1.807, 2.05) is 7.05 Å². The highest BCUT2D eigenvalue weighted by Gasteiger charge is 2.11. The van der Waals surface area contributed by atoms with Gasteiger partial charge in [-0.1, -0.05) is 48.5 Å². The number of hydrogen-bond donors (Lipinski definition) is 1. The molecule has 0 saturated heterocycles. The van der Waals surface area contributed by atoms with Crippen molar-refractivity contribution in [1.29, 1.82) is 0 Å². The summed E-state index contributed by atoms with van der Waals surface area (Å²) < 4.78 is 0. The van der Waals surface area contributed by atoms with Gasteiger partial charge in [0.05, 0.1) is 0 Å². The highest BCUT2D eigenvalue weighted by atomic mass is 14.8. The van der Waals surface area contributed by atoms with Crippen molar-refractivity contribution in [2.24, 2.45) is 0 Å². The van der Waals surface area contributed by atoms with Crippen molar-refractivity contribution in [3.05, 3.63) is 70.8 Å². The first-order valence-corrected chi connectivity index (χ1v) is 6.96. The summed E-state index contributed by atoms with van der Waals surface area (Å²) in [7, 11) is 2.02. The van der Waals surface area contributed by atoms with Gasteiger partial charge in [-0.25, -0.2) is 0 Å². The zero-order valence-corrected chi connectivity index (χ0v) is 12.1. The van der Waals surface area contributed by atoms with E-state index in [2.05, 4.69) is 67.7 Å². The molecule has 0 saturated carbocycles. The van der Waals surface area contributed by atoms with E-state index in [0.29, 0.717) is 5.92 Å². The number of nitrogens with one attached hydrogen (secondary N) is 1. The van der Waals surface area contributed by atoms with Crippen LogP contribution < -0.4 is 5.32 Å². The summed E-state index contributed by atoms with van der Waals surface area (Å²) >= 11 is 0. The van der Waals surface area contributed by atoms with Crippen molar-refractivity contribution in [1.82, 2.24) is 5.32 Å². The van der Waals surface area contributed by atoms with Gasteiger partial charge in [0.2, 0.25) is 0 Å². The molecule has 1 unspecified atom stereocenters. The van der Waals surface area contributed by atoms with E-state index in [1.165, 1.54) is 22.3 Å². The van der Waals surface area contributed by atoms with Crippen LogP contribution in [-0.4, -0.2) is 13.6 Å². The molecule has 0 fully saturated rings. The third-order valence-electron chi connectivity index (χ3n) is 3.77. The molecule has 1 nitrogen and oxygen atoms in total. The molecular formula is C18H23N. The minimum Gasteiger partial charge on any atom is -0.319 e. The Morgan fingerprint density at radius 3 is 2.32 bits per heavy atom. The van der Waals surface area contributed by atoms with Gasteiger partial charge in [0, 0.05) is 12.5 Å². The largest absolute Gasteiger partial charge is 0.319 e. The smallest absolute Gasteiger partial charge is 0.00203 e. The Morgan fingerprint density at radius 2 is 1.68 bits per heavy atom. The van der Waals surface area contributed by atoms with Gasteiger partial charge in [-0.3, -0.25) is 0 Å². The Bertz CT molecular complexity index is 516. The highest BCUT2D eigenvalue weighted by molar-refractivity contribution is 5.32. The number of benzene rings is 2. The van der Waals surface area contributed by atoms with Crippen molar-refractivity contribution in [2.45, 2.75) is 26.2 Å². The molecule has 0 bridgehead atoms. The summed E-state index contributed by atoms with van der Waals surface area (Å²) in [5, 5.41) is 3.31. The summed E-state index contributed by atoms with van der Waals surface area (Å²) in [6, 6.07) is 17.6. The molecule has 0 aliphatic heterocycles. The fourth-order valence-corrected chi connectivity index (χ4v) is 2.49. The van der Waals surface area contributed by atoms with E-state index >= 15 is 0 Å². The lowest BCUT2D eigenvalue weighted by atomic mass is 9.91. The summed E-state index contributed by atoms with van der Waals surface area (Å²) in [5.74, 6) is 0.535. The average Bonchev–Trinajstić information content (AvgIpc) is 2.43. The predicted molar refractivity (Wildman–Crippen MR) is 82.7 cm³/mol. The molecule has 1 N–H and O–H groups in total. The number of rotatable bonds is 5. The molecule has 0 aliphatic carbocycles. The Kier molecular flexibility index (Phi) is 4.75. The van der Waals surface area contributed by atoms with Gasteiger partial charge < -0.3 is 5.32 Å². The molecule has 2 aromatic carbocycles. The Balaban J connectivity index is 2.19. The summed E-state index contributed by atoms with van der Waals surface area (Å²) in [5.41, 5.74) is 5.59. The van der Waals surface area contributed by atoms with E-state index in [4.69, 9.17) is 0 Å². The minimum atomic E-state index is 0.535. The molecule has 100 valence electrons. The van der Waals surface area contributed by atoms with E-state index in [1.54, 1.807) is 0 Å². The molecule has 0 radical (unpaired) electrons. The number of hydrogen-bond acceptors (Lipinski definition) is 1. The molecule has 0 aliphatic rings. The lowest BCUT2D eigenvalue weighted by Crippen LogP contribution is -2.19. The van der Waals surface area contributed by atoms with Crippen molar-refractivity contribution >= 4 is 0 Å². The zero-order valence-electron chi connectivity index (χ0n) is 12.1. The lowest BCUT2D eigenvalue weighted by Gasteiger charge is -2.18. The van der Waals surface area contributed by atoms with Gasteiger partial charge in [-0.15, -0.1) is 0 Å². The van der Waals surface area contributed by atoms with Crippen LogP contribution in [0.3, 0.4) is 0 Å². The van der Waals surface area contributed by atoms with Gasteiger partial charge in [-0.05, 0) is 49.6 Å². The topological polar surface area (TPSA) is 12.0 Å². The van der Waals surface area contributed by atoms with Crippen molar-refractivity contribution in [3.8, 4) is 0 Å². The SMILES string of the molecule is CNCC(Cc1ccc(C)c(C)c1)c1ccccc1. The van der Waals surface area contributed by atoms with E-state index in [0.717, 1.165) is 13.0 Å². The first kappa shape index (κ1) is 13.8. The number of aryl methyl sites for hydroxylation is 2. The van der Waals surface area contributed by atoms with Crippen molar-refractivity contribution < 1.29 is 0 Å². The van der Waals surface area contributed by atoms with Gasteiger partial charge in [0.15, 0.2) is 0 Å². The van der Waals surface area contributed by atoms with E-state index in [-0.39, 0.29) is 0 Å². The molecule has 0 spiro atoms. The lowest BCUT2D eigenvalue weighted by molar-refractivity contribution is 0.625. The molecule has 0 heterocycles. The van der Waals surface area contributed by atoms with Crippen molar-refractivity contribution in [2.75, 3.05) is 13.6 Å². The molecule has 0 amide bonds. The third-order valence-corrected chi connectivity index (χ3v) is 3.77. The molecule has 1 heteroatoms. The molecule has 2 aromatic rings. The third kappa shape index (κ3) is 3.68. The van der Waals surface area contributed by atoms with Crippen LogP contribution in [0, 0.1) is 13.8 Å². The van der Waals surface area contributed by atoms with Crippen LogP contribution >= 0.6 is 0 Å². The summed E-state index contributed by atoms with van der Waals surface area (Å²) in [6.45, 7) is 5.37. The molecule has 1 atom stereocenters. The second-order valence-electron chi connectivity index (χ2n) is 5.29. The maximum atomic E-state index is 3.31. The first-order chi connectivity index (χ1) is 9.20. The maximum absolute atomic E-state index is 3.31. The monoisotopic (exact) mass is 253 g/mol. The van der Waals surface area contributed by atoms with E-state index in [9.17, 15) is 0 Å². The quantitative estimate of drug-likeness (QED) is 0.853. The fourth-order valence-electron chi connectivity index (χ4n) is 2.49. The first-order valence-electron chi connectivity index (χ1n) is 6.96. The zero-order chi connectivity index (χ0) is 13.7. The van der Waals surface area contributed by atoms with Crippen LogP contribution in [0.15, 0.2) is 48.5 Å². The number of likely N-dealkylation sites (N-methyl/N-ethyl adjacent to an activating group) is 1. The minimum absolute atomic E-state index is 0.535. The maximum Gasteiger partial charge on any atom is 0.00203 e. The Morgan fingerprint density at radius 1 is 0.947 bits per heavy atom. The van der Waals surface area contributed by atoms with Crippen molar-refractivity contribution in [3.63, 3.8) is 0 Å². The fraction of sp³-hybridized carbons (Fsp3) is 0.333. The van der Waals surface area contributed by atoms with Crippen LogP contribution in [0.2, 0.25) is 0 Å². The molecule has 19 heavy (non-hydrogen) atoms. The predicted octanol–water partition coefficient (Wildman–Crippen LogP) is 3.85. The normalized spacial score (nSPS) is 12.4. The second kappa shape index (κ2) is 6.53.